The maximum absolute atomic E-state index is 12.6. The summed E-state index contributed by atoms with van der Waals surface area (Å²) in [6.45, 7) is 2.24. The molecular weight excluding hydrogens is 578 g/mol. The third kappa shape index (κ3) is 10.2. The first-order valence-electron chi connectivity index (χ1n) is 13.7. The summed E-state index contributed by atoms with van der Waals surface area (Å²) >= 11 is 24.9. The fraction of sp³-hybridized carbons (Fsp3) is 0.483. The lowest BCUT2D eigenvalue weighted by Gasteiger charge is -2.15. The predicted octanol–water partition coefficient (Wildman–Crippen LogP) is 10.1. The molecule has 1 aliphatic rings. The third-order valence-electron chi connectivity index (χ3n) is 6.51. The van der Waals surface area contributed by atoms with Crippen molar-refractivity contribution in [3.8, 4) is 0 Å². The number of hydrazone groups is 1. The Bertz CT molecular complexity index is 1150. The number of amides is 2. The molecule has 2 aromatic carbocycles. The fourth-order valence-corrected chi connectivity index (χ4v) is 5.58. The van der Waals surface area contributed by atoms with Gasteiger partial charge in [-0.1, -0.05) is 118 Å². The second kappa shape index (κ2) is 16.3. The van der Waals surface area contributed by atoms with E-state index in [4.69, 9.17) is 46.4 Å². The Kier molecular flexibility index (Phi) is 13.2. The van der Waals surface area contributed by atoms with Crippen molar-refractivity contribution >= 4 is 81.1 Å². The van der Waals surface area contributed by atoms with Gasteiger partial charge in [-0.2, -0.15) is 10.1 Å². The highest BCUT2D eigenvalue weighted by Gasteiger charge is 2.29. The van der Waals surface area contributed by atoms with Crippen molar-refractivity contribution in [2.75, 3.05) is 15.6 Å². The lowest BCUT2D eigenvalue weighted by molar-refractivity contribution is -0.117. The number of anilines is 3. The summed E-state index contributed by atoms with van der Waals surface area (Å²) in [5, 5.41) is 12.7. The number of nitrogens with zero attached hydrogens (tertiary/aromatic N) is 2. The average molecular weight is 614 g/mol. The summed E-state index contributed by atoms with van der Waals surface area (Å²) < 4.78 is 0. The minimum absolute atomic E-state index is 0.00105. The summed E-state index contributed by atoms with van der Waals surface area (Å²) in [5.41, 5.74) is 1.39. The number of amidine groups is 1. The zero-order valence-corrected chi connectivity index (χ0v) is 25.3. The van der Waals surface area contributed by atoms with Crippen LogP contribution in [0.25, 0.3) is 0 Å². The standard InChI is InChI=1S/C29H36Cl4N4O2/c1-2-3-4-5-6-7-8-9-10-11-12-13-27(38)34-21-14-15-22(31)25(18-21)35-26-19-28(39)37(36-26)29-23(32)16-20(30)17-24(29)33/h14-18H,2-13,19H2,1H3,(H,34,38)(H,35,36). The summed E-state index contributed by atoms with van der Waals surface area (Å²) in [6, 6.07) is 8.14. The van der Waals surface area contributed by atoms with Gasteiger partial charge >= 0.3 is 0 Å². The lowest BCUT2D eigenvalue weighted by Crippen LogP contribution is -2.20. The Morgan fingerprint density at radius 3 is 2.05 bits per heavy atom. The van der Waals surface area contributed by atoms with Crippen LogP contribution < -0.4 is 15.6 Å². The van der Waals surface area contributed by atoms with Crippen molar-refractivity contribution in [3.05, 3.63) is 50.4 Å². The molecule has 0 aliphatic carbocycles. The Balaban J connectivity index is 1.45. The van der Waals surface area contributed by atoms with Gasteiger partial charge in [-0.05, 0) is 36.8 Å². The van der Waals surface area contributed by atoms with Crippen molar-refractivity contribution in [2.24, 2.45) is 5.10 Å². The van der Waals surface area contributed by atoms with Gasteiger partial charge in [0, 0.05) is 17.1 Å². The molecule has 2 aromatic rings. The Morgan fingerprint density at radius 2 is 1.44 bits per heavy atom. The van der Waals surface area contributed by atoms with Gasteiger partial charge < -0.3 is 10.6 Å². The van der Waals surface area contributed by atoms with Gasteiger partial charge in [-0.15, -0.1) is 0 Å². The fourth-order valence-electron chi connectivity index (χ4n) is 4.44. The van der Waals surface area contributed by atoms with Crippen LogP contribution in [0.4, 0.5) is 17.1 Å². The molecule has 1 aliphatic heterocycles. The number of nitrogens with one attached hydrogen (secondary N) is 2. The molecule has 0 unspecified atom stereocenters. The van der Waals surface area contributed by atoms with Gasteiger partial charge in [0.15, 0.2) is 0 Å². The summed E-state index contributed by atoms with van der Waals surface area (Å²) in [5.74, 6) is 0.0235. The first-order chi connectivity index (χ1) is 18.8. The van der Waals surface area contributed by atoms with Gasteiger partial charge in [-0.25, -0.2) is 0 Å². The van der Waals surface area contributed by atoms with E-state index >= 15 is 0 Å². The molecule has 3 rings (SSSR count). The van der Waals surface area contributed by atoms with Crippen LogP contribution in [0.1, 0.15) is 90.4 Å². The molecular formula is C29H36Cl4N4O2. The Morgan fingerprint density at radius 1 is 0.846 bits per heavy atom. The maximum atomic E-state index is 12.6. The summed E-state index contributed by atoms with van der Waals surface area (Å²) in [4.78, 5) is 25.1. The normalized spacial score (nSPS) is 13.1. The molecule has 0 aromatic heterocycles. The van der Waals surface area contributed by atoms with Crippen molar-refractivity contribution < 1.29 is 9.59 Å². The number of halogens is 4. The van der Waals surface area contributed by atoms with E-state index in [9.17, 15) is 9.59 Å². The van der Waals surface area contributed by atoms with Crippen LogP contribution in [0.5, 0.6) is 0 Å². The summed E-state index contributed by atoms with van der Waals surface area (Å²) in [7, 11) is 0. The van der Waals surface area contributed by atoms with Gasteiger partial charge in [0.1, 0.15) is 11.5 Å². The van der Waals surface area contributed by atoms with E-state index < -0.39 is 0 Å². The van der Waals surface area contributed by atoms with Crippen molar-refractivity contribution in [1.82, 2.24) is 0 Å². The van der Waals surface area contributed by atoms with E-state index in [0.717, 1.165) is 17.9 Å². The number of rotatable bonds is 15. The van der Waals surface area contributed by atoms with E-state index in [0.29, 0.717) is 33.7 Å². The molecule has 0 fully saturated rings. The van der Waals surface area contributed by atoms with E-state index in [1.54, 1.807) is 18.2 Å². The molecule has 2 amide bonds. The Hall–Kier alpha value is -1.99. The topological polar surface area (TPSA) is 73.8 Å². The predicted molar refractivity (Wildman–Crippen MR) is 166 cm³/mol. The molecule has 0 bridgehead atoms. The second-order valence-corrected chi connectivity index (χ2v) is 11.5. The highest BCUT2D eigenvalue weighted by molar-refractivity contribution is 6.42. The molecule has 10 heteroatoms. The number of unbranched alkanes of at least 4 members (excludes halogenated alkanes) is 10. The van der Waals surface area contributed by atoms with Crippen LogP contribution in [-0.2, 0) is 9.59 Å². The molecule has 1 heterocycles. The molecule has 212 valence electrons. The first-order valence-corrected chi connectivity index (χ1v) is 15.2. The molecule has 39 heavy (non-hydrogen) atoms. The lowest BCUT2D eigenvalue weighted by atomic mass is 10.1. The monoisotopic (exact) mass is 612 g/mol. The van der Waals surface area contributed by atoms with Gasteiger partial charge in [0.25, 0.3) is 5.91 Å². The summed E-state index contributed by atoms with van der Waals surface area (Å²) in [6.07, 6.45) is 14.1. The zero-order valence-electron chi connectivity index (χ0n) is 22.3. The van der Waals surface area contributed by atoms with E-state index in [2.05, 4.69) is 22.7 Å². The van der Waals surface area contributed by atoms with Crippen LogP contribution in [0, 0.1) is 0 Å². The third-order valence-corrected chi connectivity index (χ3v) is 7.63. The van der Waals surface area contributed by atoms with Crippen LogP contribution >= 0.6 is 46.4 Å². The van der Waals surface area contributed by atoms with Crippen molar-refractivity contribution in [2.45, 2.75) is 90.4 Å². The van der Waals surface area contributed by atoms with Gasteiger partial charge in [0.2, 0.25) is 5.91 Å². The quantitative estimate of drug-likeness (QED) is 0.196. The molecule has 0 saturated heterocycles. The van der Waals surface area contributed by atoms with Gasteiger partial charge in [-0.3, -0.25) is 9.59 Å². The van der Waals surface area contributed by atoms with E-state index in [1.807, 2.05) is 0 Å². The highest BCUT2D eigenvalue weighted by Crippen LogP contribution is 2.38. The maximum Gasteiger partial charge on any atom is 0.255 e. The van der Waals surface area contributed by atoms with Crippen molar-refractivity contribution in [1.29, 1.82) is 0 Å². The van der Waals surface area contributed by atoms with Crippen LogP contribution in [0.2, 0.25) is 20.1 Å². The minimum Gasteiger partial charge on any atom is -0.341 e. The smallest absolute Gasteiger partial charge is 0.255 e. The largest absolute Gasteiger partial charge is 0.341 e. The van der Waals surface area contributed by atoms with Gasteiger partial charge in [0.05, 0.1) is 27.2 Å². The van der Waals surface area contributed by atoms with Crippen LogP contribution in [0.15, 0.2) is 35.4 Å². The Labute approximate surface area is 251 Å². The minimum atomic E-state index is -0.309. The SMILES string of the molecule is CCCCCCCCCCCCCC(=O)Nc1ccc(Cl)c(NC2=NN(c3c(Cl)cc(Cl)cc3Cl)C(=O)C2)c1. The van der Waals surface area contributed by atoms with Crippen LogP contribution in [-0.4, -0.2) is 17.6 Å². The number of hydrogen-bond donors (Lipinski definition) is 2. The van der Waals surface area contributed by atoms with Crippen LogP contribution in [0.3, 0.4) is 0 Å². The number of carbonyl (C=O) groups is 2. The molecule has 0 saturated carbocycles. The average Bonchev–Trinajstić information content (AvgIpc) is 3.23. The molecule has 0 radical (unpaired) electrons. The van der Waals surface area contributed by atoms with Crippen molar-refractivity contribution in [3.63, 3.8) is 0 Å². The number of benzene rings is 2. The highest BCUT2D eigenvalue weighted by atomic mass is 35.5. The van der Waals surface area contributed by atoms with E-state index in [-0.39, 0.29) is 34.0 Å². The second-order valence-electron chi connectivity index (χ2n) is 9.80. The number of hydrogen-bond acceptors (Lipinski definition) is 4. The zero-order chi connectivity index (χ0) is 28.2. The first kappa shape index (κ1) is 31.5. The molecule has 0 spiro atoms. The molecule has 2 N–H and O–H groups in total. The molecule has 0 atom stereocenters. The number of carbonyl (C=O) groups excluding carboxylic acids is 2. The molecule has 6 nitrogen and oxygen atoms in total. The van der Waals surface area contributed by atoms with E-state index in [1.165, 1.54) is 69.9 Å².